The third-order valence-corrected chi connectivity index (χ3v) is 3.08. The van der Waals surface area contributed by atoms with E-state index in [4.69, 9.17) is 9.47 Å². The quantitative estimate of drug-likeness (QED) is 0.691. The molecule has 0 N–H and O–H groups in total. The van der Waals surface area contributed by atoms with Crippen LogP contribution in [0.4, 0.5) is 0 Å². The summed E-state index contributed by atoms with van der Waals surface area (Å²) < 4.78 is 10.2. The van der Waals surface area contributed by atoms with E-state index in [9.17, 15) is 9.59 Å². The number of rotatable bonds is 4. The van der Waals surface area contributed by atoms with E-state index in [0.29, 0.717) is 13.2 Å². The maximum atomic E-state index is 10.8. The highest BCUT2D eigenvalue weighted by atomic mass is 16.5. The Morgan fingerprint density at radius 2 is 1.38 bits per heavy atom. The first-order valence-electron chi connectivity index (χ1n) is 5.81. The smallest absolute Gasteiger partial charge is 0.302 e. The largest absolute Gasteiger partial charge is 0.465 e. The van der Waals surface area contributed by atoms with E-state index < -0.39 is 0 Å². The summed E-state index contributed by atoms with van der Waals surface area (Å²) in [5.74, 6) is -0.541. The second kappa shape index (κ2) is 5.87. The maximum absolute atomic E-state index is 10.8. The summed E-state index contributed by atoms with van der Waals surface area (Å²) in [6.45, 7) is 3.55. The van der Waals surface area contributed by atoms with Crippen molar-refractivity contribution in [1.82, 2.24) is 0 Å². The summed E-state index contributed by atoms with van der Waals surface area (Å²) in [7, 11) is 0. The molecule has 0 unspecified atom stereocenters. The van der Waals surface area contributed by atoms with Crippen molar-refractivity contribution in [2.24, 2.45) is 5.41 Å². The molecule has 16 heavy (non-hydrogen) atoms. The lowest BCUT2D eigenvalue weighted by molar-refractivity contribution is -0.153. The van der Waals surface area contributed by atoms with Gasteiger partial charge in [-0.1, -0.05) is 19.3 Å². The first-order chi connectivity index (χ1) is 7.54. The van der Waals surface area contributed by atoms with E-state index in [1.807, 2.05) is 0 Å². The zero-order valence-corrected chi connectivity index (χ0v) is 10.1. The van der Waals surface area contributed by atoms with Crippen LogP contribution in [0.15, 0.2) is 0 Å². The van der Waals surface area contributed by atoms with Gasteiger partial charge in [0.15, 0.2) is 0 Å². The fraction of sp³-hybridized carbons (Fsp3) is 0.833. The van der Waals surface area contributed by atoms with Crippen molar-refractivity contribution in [3.8, 4) is 0 Å². The Morgan fingerprint density at radius 1 is 0.938 bits per heavy atom. The topological polar surface area (TPSA) is 52.6 Å². The molecule has 0 bridgehead atoms. The summed E-state index contributed by atoms with van der Waals surface area (Å²) in [5, 5.41) is 0. The van der Waals surface area contributed by atoms with Gasteiger partial charge in [-0.05, 0) is 12.8 Å². The minimum atomic E-state index is -0.271. The lowest BCUT2D eigenvalue weighted by Gasteiger charge is -2.35. The summed E-state index contributed by atoms with van der Waals surface area (Å²) >= 11 is 0. The lowest BCUT2D eigenvalue weighted by Crippen LogP contribution is -2.35. The van der Waals surface area contributed by atoms with E-state index in [-0.39, 0.29) is 17.4 Å². The van der Waals surface area contributed by atoms with Crippen molar-refractivity contribution in [3.05, 3.63) is 0 Å². The Labute approximate surface area is 96.3 Å². The SMILES string of the molecule is CC(=O)OCC1(COC(C)=O)CCCCC1. The minimum Gasteiger partial charge on any atom is -0.465 e. The standard InChI is InChI=1S/C12H20O4/c1-10(13)15-8-12(9-16-11(2)14)6-4-3-5-7-12/h3-9H2,1-2H3. The van der Waals surface area contributed by atoms with Crippen LogP contribution < -0.4 is 0 Å². The monoisotopic (exact) mass is 228 g/mol. The molecular formula is C12H20O4. The van der Waals surface area contributed by atoms with Gasteiger partial charge in [0.05, 0.1) is 0 Å². The normalized spacial score (nSPS) is 18.9. The number of esters is 2. The molecular weight excluding hydrogens is 208 g/mol. The van der Waals surface area contributed by atoms with Crippen LogP contribution in [0.5, 0.6) is 0 Å². The van der Waals surface area contributed by atoms with Crippen molar-refractivity contribution in [3.63, 3.8) is 0 Å². The van der Waals surface area contributed by atoms with Gasteiger partial charge >= 0.3 is 11.9 Å². The lowest BCUT2D eigenvalue weighted by atomic mass is 9.75. The Hall–Kier alpha value is -1.06. The molecule has 0 heterocycles. The maximum Gasteiger partial charge on any atom is 0.302 e. The van der Waals surface area contributed by atoms with E-state index in [2.05, 4.69) is 0 Å². The van der Waals surface area contributed by atoms with Gasteiger partial charge in [-0.15, -0.1) is 0 Å². The molecule has 0 aromatic heterocycles. The van der Waals surface area contributed by atoms with Crippen LogP contribution in [-0.2, 0) is 19.1 Å². The van der Waals surface area contributed by atoms with Gasteiger partial charge < -0.3 is 9.47 Å². The molecule has 1 saturated carbocycles. The van der Waals surface area contributed by atoms with Crippen LogP contribution in [-0.4, -0.2) is 25.2 Å². The fourth-order valence-electron chi connectivity index (χ4n) is 2.14. The average Bonchev–Trinajstić information content (AvgIpc) is 2.25. The highest BCUT2D eigenvalue weighted by molar-refractivity contribution is 5.66. The van der Waals surface area contributed by atoms with Gasteiger partial charge in [-0.3, -0.25) is 9.59 Å². The molecule has 0 saturated heterocycles. The van der Waals surface area contributed by atoms with Gasteiger partial charge in [-0.25, -0.2) is 0 Å². The first-order valence-corrected chi connectivity index (χ1v) is 5.81. The van der Waals surface area contributed by atoms with Gasteiger partial charge in [0.2, 0.25) is 0 Å². The molecule has 4 heteroatoms. The van der Waals surface area contributed by atoms with Crippen LogP contribution >= 0.6 is 0 Å². The molecule has 4 nitrogen and oxygen atoms in total. The molecule has 0 radical (unpaired) electrons. The van der Waals surface area contributed by atoms with Crippen molar-refractivity contribution in [2.75, 3.05) is 13.2 Å². The Morgan fingerprint density at radius 3 is 1.75 bits per heavy atom. The van der Waals surface area contributed by atoms with E-state index in [1.165, 1.54) is 20.3 Å². The van der Waals surface area contributed by atoms with Gasteiger partial charge in [0.25, 0.3) is 0 Å². The van der Waals surface area contributed by atoms with Crippen LogP contribution in [0.25, 0.3) is 0 Å². The third kappa shape index (κ3) is 4.21. The van der Waals surface area contributed by atoms with Crippen LogP contribution in [0.3, 0.4) is 0 Å². The van der Waals surface area contributed by atoms with Crippen LogP contribution in [0, 0.1) is 5.41 Å². The Kier molecular flexibility index (Phi) is 4.77. The molecule has 1 aliphatic rings. The van der Waals surface area contributed by atoms with Crippen molar-refractivity contribution in [2.45, 2.75) is 46.0 Å². The fourth-order valence-corrected chi connectivity index (χ4v) is 2.14. The van der Waals surface area contributed by atoms with E-state index >= 15 is 0 Å². The van der Waals surface area contributed by atoms with Crippen molar-refractivity contribution >= 4 is 11.9 Å². The summed E-state index contributed by atoms with van der Waals surface area (Å²) in [6.07, 6.45) is 5.37. The van der Waals surface area contributed by atoms with Crippen LogP contribution in [0.1, 0.15) is 46.0 Å². The molecule has 1 aliphatic carbocycles. The molecule has 0 spiro atoms. The van der Waals surface area contributed by atoms with Gasteiger partial charge in [-0.2, -0.15) is 0 Å². The van der Waals surface area contributed by atoms with Gasteiger partial charge in [0.1, 0.15) is 13.2 Å². The molecule has 0 atom stereocenters. The van der Waals surface area contributed by atoms with E-state index in [1.54, 1.807) is 0 Å². The summed E-state index contributed by atoms with van der Waals surface area (Å²) in [4.78, 5) is 21.7. The highest BCUT2D eigenvalue weighted by Gasteiger charge is 2.34. The molecule has 92 valence electrons. The number of carbonyl (C=O) groups excluding carboxylic acids is 2. The van der Waals surface area contributed by atoms with Crippen molar-refractivity contribution in [1.29, 1.82) is 0 Å². The predicted octanol–water partition coefficient (Wildman–Crippen LogP) is 2.06. The molecule has 0 amide bonds. The number of carbonyl (C=O) groups is 2. The molecule has 0 aromatic carbocycles. The molecule has 1 fully saturated rings. The summed E-state index contributed by atoms with van der Waals surface area (Å²) in [5.41, 5.74) is -0.143. The average molecular weight is 228 g/mol. The van der Waals surface area contributed by atoms with E-state index in [0.717, 1.165) is 25.7 Å². The summed E-state index contributed by atoms with van der Waals surface area (Å²) in [6, 6.07) is 0. The first kappa shape index (κ1) is 13.0. The predicted molar refractivity (Wildman–Crippen MR) is 58.8 cm³/mol. The zero-order chi connectivity index (χ0) is 12.0. The Bertz CT molecular complexity index is 234. The molecule has 1 rings (SSSR count). The Balaban J connectivity index is 2.52. The second-order valence-corrected chi connectivity index (χ2v) is 4.62. The minimum absolute atomic E-state index is 0.143. The zero-order valence-electron chi connectivity index (χ0n) is 10.1. The number of ether oxygens (including phenoxy) is 2. The highest BCUT2D eigenvalue weighted by Crippen LogP contribution is 2.36. The number of hydrogen-bond acceptors (Lipinski definition) is 4. The van der Waals surface area contributed by atoms with Gasteiger partial charge in [0, 0.05) is 19.3 Å². The number of hydrogen-bond donors (Lipinski definition) is 0. The molecule has 0 aromatic rings. The molecule has 0 aliphatic heterocycles. The third-order valence-electron chi connectivity index (χ3n) is 3.08. The van der Waals surface area contributed by atoms with Crippen molar-refractivity contribution < 1.29 is 19.1 Å². The van der Waals surface area contributed by atoms with Crippen LogP contribution in [0.2, 0.25) is 0 Å². The second-order valence-electron chi connectivity index (χ2n) is 4.62.